The predicted octanol–water partition coefficient (Wildman–Crippen LogP) is 1.14. The number of benzene rings is 1. The van der Waals surface area contributed by atoms with E-state index in [1.54, 1.807) is 13.0 Å². The van der Waals surface area contributed by atoms with Crippen LogP contribution in [0.1, 0.15) is 12.5 Å². The minimum absolute atomic E-state index is 0.194. The summed E-state index contributed by atoms with van der Waals surface area (Å²) in [5.74, 6) is 0.425. The number of aromatic nitrogens is 2. The summed E-state index contributed by atoms with van der Waals surface area (Å²) >= 11 is 0. The first-order valence-electron chi connectivity index (χ1n) is 7.09. The van der Waals surface area contributed by atoms with Gasteiger partial charge in [-0.2, -0.15) is 5.10 Å². The van der Waals surface area contributed by atoms with Gasteiger partial charge in [-0.3, -0.25) is 9.59 Å². The van der Waals surface area contributed by atoms with Crippen molar-refractivity contribution in [3.63, 3.8) is 0 Å². The van der Waals surface area contributed by atoms with Crippen molar-refractivity contribution >= 4 is 5.91 Å². The van der Waals surface area contributed by atoms with E-state index < -0.39 is 6.10 Å². The van der Waals surface area contributed by atoms with E-state index in [4.69, 9.17) is 4.74 Å². The molecule has 6 nitrogen and oxygen atoms in total. The summed E-state index contributed by atoms with van der Waals surface area (Å²) in [6.07, 6.45) is 0.925. The van der Waals surface area contributed by atoms with Gasteiger partial charge in [0.15, 0.2) is 6.10 Å². The number of aryl methyl sites for hydroxylation is 1. The van der Waals surface area contributed by atoms with Crippen molar-refractivity contribution in [1.29, 1.82) is 0 Å². The highest BCUT2D eigenvalue weighted by Gasteiger charge is 2.14. The van der Waals surface area contributed by atoms with E-state index in [-0.39, 0.29) is 11.5 Å². The highest BCUT2D eigenvalue weighted by atomic mass is 16.5. The minimum Gasteiger partial charge on any atom is -0.481 e. The van der Waals surface area contributed by atoms with Gasteiger partial charge in [-0.05, 0) is 37.6 Å². The molecule has 0 bridgehead atoms. The Labute approximate surface area is 128 Å². The maximum atomic E-state index is 12.0. The molecule has 0 spiro atoms. The summed E-state index contributed by atoms with van der Waals surface area (Å²) in [6, 6.07) is 10.5. The molecule has 0 fully saturated rings. The van der Waals surface area contributed by atoms with Crippen molar-refractivity contribution in [2.75, 3.05) is 6.54 Å². The van der Waals surface area contributed by atoms with E-state index in [2.05, 4.69) is 10.4 Å². The molecule has 1 amide bonds. The highest BCUT2D eigenvalue weighted by Crippen LogP contribution is 2.14. The standard InChI is InChI=1S/C16H19N3O3/c1-12-5-3-6-14(11-12)22-13(2)16(21)17-9-10-19-15(20)7-4-8-18-19/h3-8,11,13H,9-10H2,1-2H3,(H,17,21)/t13-/m1/s1. The Morgan fingerprint density at radius 1 is 1.36 bits per heavy atom. The second-order valence-electron chi connectivity index (χ2n) is 4.95. The van der Waals surface area contributed by atoms with E-state index in [1.807, 2.05) is 31.2 Å². The first-order chi connectivity index (χ1) is 10.6. The second-order valence-corrected chi connectivity index (χ2v) is 4.95. The van der Waals surface area contributed by atoms with Gasteiger partial charge in [0.2, 0.25) is 0 Å². The molecule has 0 saturated carbocycles. The highest BCUT2D eigenvalue weighted by molar-refractivity contribution is 5.80. The normalized spacial score (nSPS) is 11.7. The molecule has 0 saturated heterocycles. The number of carbonyl (C=O) groups is 1. The van der Waals surface area contributed by atoms with Crippen molar-refractivity contribution in [2.45, 2.75) is 26.5 Å². The molecule has 1 N–H and O–H groups in total. The van der Waals surface area contributed by atoms with Gasteiger partial charge >= 0.3 is 0 Å². The Balaban J connectivity index is 1.82. The van der Waals surface area contributed by atoms with Crippen LogP contribution < -0.4 is 15.6 Å². The van der Waals surface area contributed by atoms with Crippen LogP contribution in [0.3, 0.4) is 0 Å². The molecule has 0 aliphatic rings. The zero-order valence-corrected chi connectivity index (χ0v) is 12.7. The quantitative estimate of drug-likeness (QED) is 0.868. The van der Waals surface area contributed by atoms with Gasteiger partial charge < -0.3 is 10.1 Å². The van der Waals surface area contributed by atoms with Crippen LogP contribution >= 0.6 is 0 Å². The Kier molecular flexibility index (Phi) is 5.30. The molecular weight excluding hydrogens is 282 g/mol. The number of hydrogen-bond donors (Lipinski definition) is 1. The lowest BCUT2D eigenvalue weighted by Crippen LogP contribution is -2.39. The van der Waals surface area contributed by atoms with E-state index in [0.29, 0.717) is 18.8 Å². The van der Waals surface area contributed by atoms with Crippen molar-refractivity contribution in [3.8, 4) is 5.75 Å². The van der Waals surface area contributed by atoms with Crippen LogP contribution in [0.4, 0.5) is 0 Å². The molecule has 1 aromatic carbocycles. The number of rotatable bonds is 6. The fourth-order valence-corrected chi connectivity index (χ4v) is 1.93. The molecule has 0 radical (unpaired) electrons. The minimum atomic E-state index is -0.609. The Morgan fingerprint density at radius 3 is 2.91 bits per heavy atom. The van der Waals surface area contributed by atoms with E-state index in [1.165, 1.54) is 16.9 Å². The van der Waals surface area contributed by atoms with E-state index >= 15 is 0 Å². The zero-order valence-electron chi connectivity index (χ0n) is 12.7. The predicted molar refractivity (Wildman–Crippen MR) is 82.8 cm³/mol. The van der Waals surface area contributed by atoms with Crippen molar-refractivity contribution < 1.29 is 9.53 Å². The van der Waals surface area contributed by atoms with Crippen LogP contribution in [-0.2, 0) is 11.3 Å². The monoisotopic (exact) mass is 301 g/mol. The van der Waals surface area contributed by atoms with Crippen molar-refractivity contribution in [2.24, 2.45) is 0 Å². The van der Waals surface area contributed by atoms with Crippen LogP contribution in [0.2, 0.25) is 0 Å². The Morgan fingerprint density at radius 2 is 2.18 bits per heavy atom. The summed E-state index contributed by atoms with van der Waals surface area (Å²) in [6.45, 7) is 4.28. The van der Waals surface area contributed by atoms with Gasteiger partial charge in [-0.15, -0.1) is 0 Å². The van der Waals surface area contributed by atoms with Crippen LogP contribution in [0, 0.1) is 6.92 Å². The van der Waals surface area contributed by atoms with Crippen LogP contribution in [0.15, 0.2) is 47.4 Å². The maximum Gasteiger partial charge on any atom is 0.266 e. The molecule has 2 rings (SSSR count). The lowest BCUT2D eigenvalue weighted by molar-refractivity contribution is -0.127. The van der Waals surface area contributed by atoms with Gasteiger partial charge in [-0.25, -0.2) is 4.68 Å². The van der Waals surface area contributed by atoms with Gasteiger partial charge in [0.05, 0.1) is 6.54 Å². The van der Waals surface area contributed by atoms with E-state index in [9.17, 15) is 9.59 Å². The van der Waals surface area contributed by atoms with Gasteiger partial charge in [-0.1, -0.05) is 12.1 Å². The summed E-state index contributed by atoms with van der Waals surface area (Å²) in [5.41, 5.74) is 0.875. The first-order valence-corrected chi connectivity index (χ1v) is 7.09. The molecule has 6 heteroatoms. The van der Waals surface area contributed by atoms with Crippen LogP contribution in [0.25, 0.3) is 0 Å². The van der Waals surface area contributed by atoms with E-state index in [0.717, 1.165) is 5.56 Å². The molecule has 22 heavy (non-hydrogen) atoms. The third kappa shape index (κ3) is 4.44. The Bertz CT molecular complexity index is 697. The molecule has 116 valence electrons. The molecule has 1 atom stereocenters. The van der Waals surface area contributed by atoms with Gasteiger partial charge in [0, 0.05) is 18.8 Å². The van der Waals surface area contributed by atoms with Gasteiger partial charge in [0.1, 0.15) is 5.75 Å². The smallest absolute Gasteiger partial charge is 0.266 e. The number of carbonyl (C=O) groups excluding carboxylic acids is 1. The summed E-state index contributed by atoms with van der Waals surface area (Å²) in [5, 5.41) is 6.65. The molecular formula is C16H19N3O3. The third-order valence-corrected chi connectivity index (χ3v) is 3.08. The number of nitrogens with one attached hydrogen (secondary N) is 1. The topological polar surface area (TPSA) is 73.2 Å². The summed E-state index contributed by atoms with van der Waals surface area (Å²) in [7, 11) is 0. The zero-order chi connectivity index (χ0) is 15.9. The Hall–Kier alpha value is -2.63. The van der Waals surface area contributed by atoms with Crippen molar-refractivity contribution in [3.05, 3.63) is 58.5 Å². The molecule has 1 aromatic heterocycles. The first kappa shape index (κ1) is 15.8. The number of hydrogen-bond acceptors (Lipinski definition) is 4. The molecule has 2 aromatic rings. The molecule has 1 heterocycles. The lowest BCUT2D eigenvalue weighted by atomic mass is 10.2. The fraction of sp³-hybridized carbons (Fsp3) is 0.312. The maximum absolute atomic E-state index is 12.0. The lowest BCUT2D eigenvalue weighted by Gasteiger charge is -2.15. The molecule has 0 unspecified atom stereocenters. The SMILES string of the molecule is Cc1cccc(O[C@H](C)C(=O)NCCn2ncccc2=O)c1. The fourth-order valence-electron chi connectivity index (χ4n) is 1.93. The number of nitrogens with zero attached hydrogens (tertiary/aromatic N) is 2. The number of amides is 1. The third-order valence-electron chi connectivity index (χ3n) is 3.08. The average molecular weight is 301 g/mol. The summed E-state index contributed by atoms with van der Waals surface area (Å²) in [4.78, 5) is 23.4. The van der Waals surface area contributed by atoms with Crippen LogP contribution in [-0.4, -0.2) is 28.3 Å². The largest absolute Gasteiger partial charge is 0.481 e. The average Bonchev–Trinajstić information content (AvgIpc) is 2.49. The molecule has 0 aliphatic carbocycles. The van der Waals surface area contributed by atoms with Gasteiger partial charge in [0.25, 0.3) is 11.5 Å². The van der Waals surface area contributed by atoms with Crippen LogP contribution in [0.5, 0.6) is 5.75 Å². The second kappa shape index (κ2) is 7.40. The summed E-state index contributed by atoms with van der Waals surface area (Å²) < 4.78 is 6.89. The van der Waals surface area contributed by atoms with Crippen molar-refractivity contribution in [1.82, 2.24) is 15.1 Å². The number of ether oxygens (including phenoxy) is 1. The molecule has 0 aliphatic heterocycles.